The largest absolute Gasteiger partial charge is 0.459 e. The van der Waals surface area contributed by atoms with E-state index in [1.165, 1.54) is 0 Å². The summed E-state index contributed by atoms with van der Waals surface area (Å²) in [4.78, 5) is 26.6. The molecular formula is C21H24N2O3. The van der Waals surface area contributed by atoms with Crippen molar-refractivity contribution >= 4 is 11.8 Å². The Hall–Kier alpha value is -2.56. The van der Waals surface area contributed by atoms with E-state index in [4.69, 9.17) is 4.42 Å². The van der Waals surface area contributed by atoms with E-state index in [1.807, 2.05) is 47.4 Å². The van der Waals surface area contributed by atoms with Crippen molar-refractivity contribution in [1.82, 2.24) is 10.2 Å². The quantitative estimate of drug-likeness (QED) is 0.899. The second-order valence-corrected chi connectivity index (χ2v) is 7.25. The number of likely N-dealkylation sites (tertiary alicyclic amines) is 1. The molecule has 1 aromatic carbocycles. The van der Waals surface area contributed by atoms with E-state index < -0.39 is 0 Å². The normalized spacial score (nSPS) is 20.0. The van der Waals surface area contributed by atoms with Gasteiger partial charge in [0.05, 0.1) is 12.5 Å². The molecule has 5 nitrogen and oxygen atoms in total. The van der Waals surface area contributed by atoms with Crippen LogP contribution in [0.25, 0.3) is 11.3 Å². The Kier molecular flexibility index (Phi) is 4.78. The number of hydrogen-bond acceptors (Lipinski definition) is 3. The van der Waals surface area contributed by atoms with Crippen LogP contribution < -0.4 is 5.32 Å². The predicted octanol–water partition coefficient (Wildman–Crippen LogP) is 3.21. The molecule has 2 amide bonds. The van der Waals surface area contributed by atoms with Crippen LogP contribution in [0.1, 0.15) is 31.4 Å². The van der Waals surface area contributed by atoms with Crippen LogP contribution in [0, 0.1) is 11.8 Å². The van der Waals surface area contributed by atoms with Crippen molar-refractivity contribution in [2.24, 2.45) is 11.8 Å². The van der Waals surface area contributed by atoms with Crippen LogP contribution in [-0.2, 0) is 16.1 Å². The number of carbonyl (C=O) groups is 2. The van der Waals surface area contributed by atoms with Gasteiger partial charge in [0.1, 0.15) is 11.5 Å². The van der Waals surface area contributed by atoms with E-state index in [0.29, 0.717) is 13.1 Å². The molecule has 1 unspecified atom stereocenters. The minimum Gasteiger partial charge on any atom is -0.459 e. The summed E-state index contributed by atoms with van der Waals surface area (Å²) in [5.74, 6) is 1.89. The Bertz CT molecular complexity index is 780. The number of rotatable bonds is 5. The number of furan rings is 1. The second-order valence-electron chi connectivity index (χ2n) is 7.25. The fraction of sp³-hybridized carbons (Fsp3) is 0.429. The highest BCUT2D eigenvalue weighted by Crippen LogP contribution is 2.32. The minimum absolute atomic E-state index is 0.0101. The molecule has 0 radical (unpaired) electrons. The van der Waals surface area contributed by atoms with E-state index in [-0.39, 0.29) is 23.7 Å². The highest BCUT2D eigenvalue weighted by Gasteiger charge is 2.36. The lowest BCUT2D eigenvalue weighted by molar-refractivity contribution is -0.136. The maximum absolute atomic E-state index is 12.5. The first-order valence-electron chi connectivity index (χ1n) is 9.41. The summed E-state index contributed by atoms with van der Waals surface area (Å²) >= 11 is 0. The molecule has 4 rings (SSSR count). The molecule has 1 aliphatic heterocycles. The number of amides is 2. The first-order valence-corrected chi connectivity index (χ1v) is 9.41. The third kappa shape index (κ3) is 3.82. The summed E-state index contributed by atoms with van der Waals surface area (Å²) in [7, 11) is 0. The summed E-state index contributed by atoms with van der Waals surface area (Å²) in [5.41, 5.74) is 1.02. The molecular weight excluding hydrogens is 328 g/mol. The maximum Gasteiger partial charge on any atom is 0.225 e. The fourth-order valence-corrected chi connectivity index (χ4v) is 3.53. The summed E-state index contributed by atoms with van der Waals surface area (Å²) < 4.78 is 5.83. The monoisotopic (exact) mass is 352 g/mol. The van der Waals surface area contributed by atoms with Gasteiger partial charge >= 0.3 is 0 Å². The van der Waals surface area contributed by atoms with Gasteiger partial charge in [-0.2, -0.15) is 0 Å². The van der Waals surface area contributed by atoms with E-state index in [2.05, 4.69) is 5.32 Å². The number of benzene rings is 1. The number of nitrogens with zero attached hydrogens (tertiary/aromatic N) is 1. The molecule has 1 aromatic heterocycles. The Morgan fingerprint density at radius 1 is 1.04 bits per heavy atom. The van der Waals surface area contributed by atoms with Crippen LogP contribution in [0.3, 0.4) is 0 Å². The van der Waals surface area contributed by atoms with Crippen molar-refractivity contribution in [2.45, 2.75) is 32.2 Å². The zero-order valence-corrected chi connectivity index (χ0v) is 14.8. The van der Waals surface area contributed by atoms with Gasteiger partial charge in [-0.15, -0.1) is 0 Å². The molecule has 2 fully saturated rings. The standard InChI is InChI=1S/C21H24N2O3/c24-20(17-7-4-12-23(14-17)21(25)16-8-9-16)22-13-18-10-11-19(26-18)15-5-2-1-3-6-15/h1-3,5-6,10-11,16-17H,4,7-9,12-14H2,(H,22,24). The molecule has 2 aromatic rings. The molecule has 26 heavy (non-hydrogen) atoms. The average Bonchev–Trinajstić information content (AvgIpc) is 3.44. The minimum atomic E-state index is -0.116. The molecule has 0 spiro atoms. The average molecular weight is 352 g/mol. The van der Waals surface area contributed by atoms with E-state index >= 15 is 0 Å². The lowest BCUT2D eigenvalue weighted by Crippen LogP contribution is -2.45. The van der Waals surface area contributed by atoms with Crippen molar-refractivity contribution < 1.29 is 14.0 Å². The number of carbonyl (C=O) groups excluding carboxylic acids is 2. The molecule has 136 valence electrons. The molecule has 0 bridgehead atoms. The smallest absolute Gasteiger partial charge is 0.225 e. The third-order valence-corrected chi connectivity index (χ3v) is 5.19. The Balaban J connectivity index is 1.31. The second kappa shape index (κ2) is 7.36. The van der Waals surface area contributed by atoms with Crippen molar-refractivity contribution in [1.29, 1.82) is 0 Å². The first-order chi connectivity index (χ1) is 12.7. The summed E-state index contributed by atoms with van der Waals surface area (Å²) in [6.45, 7) is 1.71. The Morgan fingerprint density at radius 2 is 1.85 bits per heavy atom. The van der Waals surface area contributed by atoms with Crippen LogP contribution in [0.4, 0.5) is 0 Å². The van der Waals surface area contributed by atoms with Gasteiger partial charge in [-0.1, -0.05) is 30.3 Å². The molecule has 5 heteroatoms. The van der Waals surface area contributed by atoms with E-state index in [0.717, 1.165) is 49.3 Å². The zero-order chi connectivity index (χ0) is 17.9. The SMILES string of the molecule is O=C(NCc1ccc(-c2ccccc2)o1)C1CCCN(C(=O)C2CC2)C1. The topological polar surface area (TPSA) is 62.6 Å². The van der Waals surface area contributed by atoms with Crippen molar-refractivity contribution in [2.75, 3.05) is 13.1 Å². The van der Waals surface area contributed by atoms with Crippen molar-refractivity contribution in [3.63, 3.8) is 0 Å². The number of nitrogens with one attached hydrogen (secondary N) is 1. The molecule has 1 aliphatic carbocycles. The van der Waals surface area contributed by atoms with Gasteiger partial charge in [0.2, 0.25) is 11.8 Å². The highest BCUT2D eigenvalue weighted by atomic mass is 16.3. The molecule has 1 saturated carbocycles. The summed E-state index contributed by atoms with van der Waals surface area (Å²) in [6.07, 6.45) is 3.76. The lowest BCUT2D eigenvalue weighted by Gasteiger charge is -2.32. The van der Waals surface area contributed by atoms with Crippen LogP contribution in [-0.4, -0.2) is 29.8 Å². The van der Waals surface area contributed by atoms with Gasteiger partial charge in [0, 0.05) is 24.6 Å². The van der Waals surface area contributed by atoms with Crippen LogP contribution in [0.5, 0.6) is 0 Å². The van der Waals surface area contributed by atoms with Gasteiger partial charge in [-0.05, 0) is 37.8 Å². The maximum atomic E-state index is 12.5. The first kappa shape index (κ1) is 16.9. The zero-order valence-electron chi connectivity index (χ0n) is 14.8. The fourth-order valence-electron chi connectivity index (χ4n) is 3.53. The number of hydrogen-bond donors (Lipinski definition) is 1. The van der Waals surface area contributed by atoms with E-state index in [9.17, 15) is 9.59 Å². The Morgan fingerprint density at radius 3 is 2.62 bits per heavy atom. The molecule has 2 aliphatic rings. The van der Waals surface area contributed by atoms with Gasteiger partial charge in [-0.25, -0.2) is 0 Å². The lowest BCUT2D eigenvalue weighted by atomic mass is 9.96. The third-order valence-electron chi connectivity index (χ3n) is 5.19. The molecule has 1 N–H and O–H groups in total. The summed E-state index contributed by atoms with van der Waals surface area (Å²) in [5, 5.41) is 2.97. The highest BCUT2D eigenvalue weighted by molar-refractivity contribution is 5.83. The van der Waals surface area contributed by atoms with Gasteiger partial charge in [-0.3, -0.25) is 9.59 Å². The Labute approximate surface area is 153 Å². The van der Waals surface area contributed by atoms with Gasteiger partial charge in [0.25, 0.3) is 0 Å². The van der Waals surface area contributed by atoms with Crippen LogP contribution in [0.2, 0.25) is 0 Å². The molecule has 2 heterocycles. The molecule has 1 atom stereocenters. The van der Waals surface area contributed by atoms with Crippen LogP contribution >= 0.6 is 0 Å². The number of piperidine rings is 1. The summed E-state index contributed by atoms with van der Waals surface area (Å²) in [6, 6.07) is 13.7. The predicted molar refractivity (Wildman–Crippen MR) is 98.0 cm³/mol. The van der Waals surface area contributed by atoms with Crippen molar-refractivity contribution in [3.05, 3.63) is 48.2 Å². The molecule has 1 saturated heterocycles. The van der Waals surface area contributed by atoms with Crippen LogP contribution in [0.15, 0.2) is 46.9 Å². The van der Waals surface area contributed by atoms with Gasteiger partial charge in [0.15, 0.2) is 0 Å². The van der Waals surface area contributed by atoms with Gasteiger partial charge < -0.3 is 14.6 Å². The van der Waals surface area contributed by atoms with E-state index in [1.54, 1.807) is 0 Å². The van der Waals surface area contributed by atoms with Crippen molar-refractivity contribution in [3.8, 4) is 11.3 Å².